The number of pyridine rings is 1. The Bertz CT molecular complexity index is 1160. The van der Waals surface area contributed by atoms with Gasteiger partial charge in [-0.25, -0.2) is 0 Å². The Morgan fingerprint density at radius 3 is 2.67 bits per heavy atom. The van der Waals surface area contributed by atoms with Gasteiger partial charge in [0.2, 0.25) is 0 Å². The average molecular weight is 465 g/mol. The quantitative estimate of drug-likeness (QED) is 0.514. The van der Waals surface area contributed by atoms with Crippen LogP contribution in [0, 0.1) is 13.8 Å². The number of aromatic nitrogens is 1. The van der Waals surface area contributed by atoms with E-state index in [1.54, 1.807) is 0 Å². The van der Waals surface area contributed by atoms with Crippen LogP contribution in [0.25, 0.3) is 10.9 Å². The molecule has 2 heterocycles. The molecule has 0 saturated carbocycles. The maximum Gasteiger partial charge on any atom is 0.253 e. The molecule has 3 aromatic rings. The third-order valence-electron chi connectivity index (χ3n) is 6.31. The summed E-state index contributed by atoms with van der Waals surface area (Å²) in [7, 11) is 0. The van der Waals surface area contributed by atoms with E-state index < -0.39 is 0 Å². The number of fused-ring (bicyclic) bond motifs is 1. The van der Waals surface area contributed by atoms with Gasteiger partial charge in [0.1, 0.15) is 0 Å². The number of anilines is 1. The van der Waals surface area contributed by atoms with Gasteiger partial charge in [-0.1, -0.05) is 30.3 Å². The molecule has 0 atom stereocenters. The van der Waals surface area contributed by atoms with Gasteiger partial charge in [0.15, 0.2) is 5.11 Å². The monoisotopic (exact) mass is 464 g/mol. The SMILES string of the molecule is Cc1ccc2cc(CN(CCCN3CCOCC3)C(=S)Nc3ccccc3)c(=O)[nH]c2c1C. The molecule has 2 N–H and O–H groups in total. The van der Waals surface area contributed by atoms with Gasteiger partial charge in [-0.3, -0.25) is 9.69 Å². The van der Waals surface area contributed by atoms with Gasteiger partial charge in [-0.05, 0) is 67.2 Å². The zero-order valence-electron chi connectivity index (χ0n) is 19.4. The number of nitrogens with one attached hydrogen (secondary N) is 2. The van der Waals surface area contributed by atoms with Gasteiger partial charge in [0.05, 0.1) is 25.3 Å². The van der Waals surface area contributed by atoms with Crippen molar-refractivity contribution in [3.8, 4) is 0 Å². The van der Waals surface area contributed by atoms with E-state index in [0.717, 1.165) is 68.0 Å². The van der Waals surface area contributed by atoms with Gasteiger partial charge in [0, 0.05) is 37.4 Å². The summed E-state index contributed by atoms with van der Waals surface area (Å²) in [6.45, 7) is 9.84. The number of thiocarbonyl (C=S) groups is 1. The molecule has 0 bridgehead atoms. The first kappa shape index (κ1) is 23.4. The van der Waals surface area contributed by atoms with E-state index in [0.29, 0.717) is 17.2 Å². The molecule has 0 unspecified atom stereocenters. The van der Waals surface area contributed by atoms with E-state index in [1.807, 2.05) is 43.3 Å². The van der Waals surface area contributed by atoms with E-state index in [2.05, 4.69) is 39.2 Å². The fraction of sp³-hybridized carbons (Fsp3) is 0.385. The lowest BCUT2D eigenvalue weighted by Crippen LogP contribution is -2.40. The number of rotatable bonds is 7. The molecule has 4 rings (SSSR count). The van der Waals surface area contributed by atoms with E-state index in [-0.39, 0.29) is 5.56 Å². The Hall–Kier alpha value is -2.74. The summed E-state index contributed by atoms with van der Waals surface area (Å²) in [5.41, 5.74) is 4.79. The van der Waals surface area contributed by atoms with Crippen LogP contribution in [0.1, 0.15) is 23.1 Å². The van der Waals surface area contributed by atoms with Crippen molar-refractivity contribution < 1.29 is 4.74 Å². The molecule has 2 aromatic carbocycles. The van der Waals surface area contributed by atoms with Gasteiger partial charge in [0.25, 0.3) is 5.56 Å². The van der Waals surface area contributed by atoms with Crippen LogP contribution in [0.2, 0.25) is 0 Å². The van der Waals surface area contributed by atoms with Crippen molar-refractivity contribution in [3.05, 3.63) is 75.6 Å². The summed E-state index contributed by atoms with van der Waals surface area (Å²) < 4.78 is 5.45. The third kappa shape index (κ3) is 5.99. The van der Waals surface area contributed by atoms with Crippen LogP contribution in [-0.4, -0.2) is 59.3 Å². The zero-order chi connectivity index (χ0) is 23.2. The number of ether oxygens (including phenoxy) is 1. The van der Waals surface area contributed by atoms with Crippen molar-refractivity contribution in [3.63, 3.8) is 0 Å². The number of nitrogens with zero attached hydrogens (tertiary/aromatic N) is 2. The van der Waals surface area contributed by atoms with Crippen molar-refractivity contribution in [1.82, 2.24) is 14.8 Å². The smallest absolute Gasteiger partial charge is 0.253 e. The number of benzene rings is 2. The van der Waals surface area contributed by atoms with Crippen LogP contribution in [0.5, 0.6) is 0 Å². The number of hydrogen-bond donors (Lipinski definition) is 2. The lowest BCUT2D eigenvalue weighted by Gasteiger charge is -2.29. The first-order valence-electron chi connectivity index (χ1n) is 11.5. The molecule has 1 aromatic heterocycles. The molecule has 33 heavy (non-hydrogen) atoms. The second-order valence-electron chi connectivity index (χ2n) is 8.62. The van der Waals surface area contributed by atoms with Crippen molar-refractivity contribution in [1.29, 1.82) is 0 Å². The summed E-state index contributed by atoms with van der Waals surface area (Å²) in [4.78, 5) is 20.6. The third-order valence-corrected chi connectivity index (χ3v) is 6.67. The number of morpholine rings is 1. The molecule has 0 aliphatic carbocycles. The molecule has 1 aliphatic rings. The van der Waals surface area contributed by atoms with Gasteiger partial charge >= 0.3 is 0 Å². The molecule has 0 amide bonds. The molecule has 1 aliphatic heterocycles. The highest BCUT2D eigenvalue weighted by atomic mass is 32.1. The average Bonchev–Trinajstić information content (AvgIpc) is 2.83. The summed E-state index contributed by atoms with van der Waals surface area (Å²) in [6, 6.07) is 16.1. The van der Waals surface area contributed by atoms with Gasteiger partial charge < -0.3 is 19.9 Å². The number of H-pyrrole nitrogens is 1. The van der Waals surface area contributed by atoms with Crippen molar-refractivity contribution in [2.45, 2.75) is 26.8 Å². The van der Waals surface area contributed by atoms with E-state index >= 15 is 0 Å². The molecule has 174 valence electrons. The minimum absolute atomic E-state index is 0.0584. The van der Waals surface area contributed by atoms with E-state index in [1.165, 1.54) is 5.56 Å². The standard InChI is InChI=1S/C26H32N4O2S/c1-19-9-10-21-17-22(25(31)28-24(21)20(19)2)18-30(12-6-11-29-13-15-32-16-14-29)26(33)27-23-7-4-3-5-8-23/h3-5,7-10,17H,6,11-16,18H2,1-2H3,(H,27,33)(H,28,31). The Morgan fingerprint density at radius 1 is 1.15 bits per heavy atom. The molecular weight excluding hydrogens is 432 g/mol. The summed E-state index contributed by atoms with van der Waals surface area (Å²) >= 11 is 5.77. The Kier molecular flexibility index (Phi) is 7.75. The maximum atomic E-state index is 13.0. The lowest BCUT2D eigenvalue weighted by atomic mass is 10.0. The van der Waals surface area contributed by atoms with Crippen LogP contribution in [0.3, 0.4) is 0 Å². The molecular formula is C26H32N4O2S. The highest BCUT2D eigenvalue weighted by molar-refractivity contribution is 7.80. The predicted octanol–water partition coefficient (Wildman–Crippen LogP) is 4.07. The van der Waals surface area contributed by atoms with Gasteiger partial charge in [-0.15, -0.1) is 0 Å². The lowest BCUT2D eigenvalue weighted by molar-refractivity contribution is 0.0367. The highest BCUT2D eigenvalue weighted by Crippen LogP contribution is 2.20. The summed E-state index contributed by atoms with van der Waals surface area (Å²) in [5.74, 6) is 0. The first-order chi connectivity index (χ1) is 16.0. The van der Waals surface area contributed by atoms with Gasteiger partial charge in [-0.2, -0.15) is 0 Å². The van der Waals surface area contributed by atoms with Crippen LogP contribution in [0.15, 0.2) is 53.3 Å². The number of hydrogen-bond acceptors (Lipinski definition) is 4. The summed E-state index contributed by atoms with van der Waals surface area (Å²) in [6.07, 6.45) is 0.959. The predicted molar refractivity (Wildman–Crippen MR) is 139 cm³/mol. The molecule has 6 nitrogen and oxygen atoms in total. The van der Waals surface area contributed by atoms with Crippen LogP contribution in [0.4, 0.5) is 5.69 Å². The van der Waals surface area contributed by atoms with Crippen molar-refractivity contribution in [2.75, 3.05) is 44.7 Å². The molecule has 0 radical (unpaired) electrons. The van der Waals surface area contributed by atoms with Crippen LogP contribution < -0.4 is 10.9 Å². The fourth-order valence-corrected chi connectivity index (χ4v) is 4.45. The first-order valence-corrected chi connectivity index (χ1v) is 12.0. The number of aromatic amines is 1. The second kappa shape index (κ2) is 10.9. The normalized spacial score (nSPS) is 14.4. The Labute approximate surface area is 200 Å². The number of aryl methyl sites for hydroxylation is 2. The molecule has 0 spiro atoms. The molecule has 1 saturated heterocycles. The Morgan fingerprint density at radius 2 is 1.91 bits per heavy atom. The maximum absolute atomic E-state index is 13.0. The van der Waals surface area contributed by atoms with Crippen LogP contribution in [-0.2, 0) is 11.3 Å². The van der Waals surface area contributed by atoms with Crippen LogP contribution >= 0.6 is 12.2 Å². The zero-order valence-corrected chi connectivity index (χ0v) is 20.2. The Balaban J connectivity index is 1.52. The highest BCUT2D eigenvalue weighted by Gasteiger charge is 2.16. The van der Waals surface area contributed by atoms with E-state index in [9.17, 15) is 4.79 Å². The molecule has 1 fully saturated rings. The van der Waals surface area contributed by atoms with Crippen molar-refractivity contribution >= 4 is 33.9 Å². The molecule has 7 heteroatoms. The second-order valence-corrected chi connectivity index (χ2v) is 9.01. The topological polar surface area (TPSA) is 60.6 Å². The minimum atomic E-state index is -0.0584. The van der Waals surface area contributed by atoms with Crippen molar-refractivity contribution in [2.24, 2.45) is 0 Å². The minimum Gasteiger partial charge on any atom is -0.379 e. The fourth-order valence-electron chi connectivity index (χ4n) is 4.18. The van der Waals surface area contributed by atoms with E-state index in [4.69, 9.17) is 17.0 Å². The number of para-hydroxylation sites is 1. The largest absolute Gasteiger partial charge is 0.379 e. The summed E-state index contributed by atoms with van der Waals surface area (Å²) in [5, 5.41) is 5.01.